The number of sulfone groups is 1. The molecule has 1 aromatic rings. The second kappa shape index (κ2) is 8.76. The molecule has 3 rings (SSSR count). The summed E-state index contributed by atoms with van der Waals surface area (Å²) < 4.78 is 26.5. The number of nitrogens with zero attached hydrogens (tertiary/aromatic N) is 2. The molecule has 2 amide bonds. The van der Waals surface area contributed by atoms with Gasteiger partial charge in [0.15, 0.2) is 9.84 Å². The minimum absolute atomic E-state index is 0.0158. The molecule has 1 saturated heterocycles. The maximum atomic E-state index is 13.0. The van der Waals surface area contributed by atoms with Crippen LogP contribution >= 0.6 is 15.9 Å². The summed E-state index contributed by atoms with van der Waals surface area (Å²) in [5, 5.41) is 0. The zero-order chi connectivity index (χ0) is 21.3. The van der Waals surface area contributed by atoms with E-state index >= 15 is 0 Å². The summed E-state index contributed by atoms with van der Waals surface area (Å²) in [7, 11) is -3.66. The Morgan fingerprint density at radius 1 is 1.14 bits per heavy atom. The van der Waals surface area contributed by atoms with E-state index in [1.165, 1.54) is 0 Å². The molecule has 2 atom stereocenters. The predicted molar refractivity (Wildman–Crippen MR) is 117 cm³/mol. The van der Waals surface area contributed by atoms with Crippen molar-refractivity contribution in [3.8, 4) is 0 Å². The summed E-state index contributed by atoms with van der Waals surface area (Å²) in [5.41, 5.74) is 1.63. The number of rotatable bonds is 5. The van der Waals surface area contributed by atoms with Crippen LogP contribution in [0.2, 0.25) is 0 Å². The van der Waals surface area contributed by atoms with Crippen molar-refractivity contribution in [2.24, 2.45) is 11.8 Å². The molecule has 160 valence electrons. The Morgan fingerprint density at radius 3 is 2.41 bits per heavy atom. The molecule has 2 heterocycles. The van der Waals surface area contributed by atoms with Gasteiger partial charge in [-0.2, -0.15) is 0 Å². The quantitative estimate of drug-likeness (QED) is 0.641. The molecule has 2 aliphatic rings. The van der Waals surface area contributed by atoms with Gasteiger partial charge in [0, 0.05) is 42.6 Å². The molecule has 0 unspecified atom stereocenters. The highest BCUT2D eigenvalue weighted by molar-refractivity contribution is 9.10. The van der Waals surface area contributed by atoms with Crippen LogP contribution in [0.4, 0.5) is 5.69 Å². The number of benzene rings is 1. The van der Waals surface area contributed by atoms with E-state index in [2.05, 4.69) is 29.8 Å². The number of fused-ring (bicyclic) bond motifs is 1. The molecule has 0 saturated carbocycles. The number of hydrogen-bond acceptors (Lipinski definition) is 4. The SMILES string of the molecule is CCC(=O)N1CCc2cc(Br)c(S(=O)(=O)CCC(=O)N3C[C@H](C)C[C@@H](C)C3)cc21. The Kier molecular flexibility index (Phi) is 6.73. The molecular formula is C21H29BrN2O4S. The molecule has 0 N–H and O–H groups in total. The largest absolute Gasteiger partial charge is 0.342 e. The van der Waals surface area contributed by atoms with E-state index in [1.807, 2.05) is 0 Å². The van der Waals surface area contributed by atoms with Crippen LogP contribution in [0.3, 0.4) is 0 Å². The van der Waals surface area contributed by atoms with Gasteiger partial charge in [0.2, 0.25) is 11.8 Å². The lowest BCUT2D eigenvalue weighted by atomic mass is 9.92. The molecular weight excluding hydrogens is 456 g/mol. The lowest BCUT2D eigenvalue weighted by Gasteiger charge is -2.35. The number of carbonyl (C=O) groups is 2. The average Bonchev–Trinajstić information content (AvgIpc) is 3.06. The Hall–Kier alpha value is -1.41. The molecule has 8 heteroatoms. The molecule has 0 aliphatic carbocycles. The van der Waals surface area contributed by atoms with Crippen molar-refractivity contribution in [2.75, 3.05) is 30.3 Å². The van der Waals surface area contributed by atoms with E-state index in [9.17, 15) is 18.0 Å². The van der Waals surface area contributed by atoms with Crippen LogP contribution in [0.25, 0.3) is 0 Å². The van der Waals surface area contributed by atoms with Crippen molar-refractivity contribution in [2.45, 2.75) is 51.3 Å². The highest BCUT2D eigenvalue weighted by atomic mass is 79.9. The van der Waals surface area contributed by atoms with E-state index < -0.39 is 9.84 Å². The van der Waals surface area contributed by atoms with Gasteiger partial charge in [-0.3, -0.25) is 9.59 Å². The monoisotopic (exact) mass is 484 g/mol. The zero-order valence-corrected chi connectivity index (χ0v) is 19.7. The molecule has 0 bridgehead atoms. The number of anilines is 1. The number of likely N-dealkylation sites (tertiary alicyclic amines) is 1. The molecule has 6 nitrogen and oxygen atoms in total. The number of halogens is 1. The molecule has 0 aromatic heterocycles. The van der Waals surface area contributed by atoms with Crippen LogP contribution < -0.4 is 4.90 Å². The summed E-state index contributed by atoms with van der Waals surface area (Å²) in [5.74, 6) is 0.522. The third-order valence-corrected chi connectivity index (χ3v) is 8.44. The van der Waals surface area contributed by atoms with E-state index in [-0.39, 0.29) is 28.9 Å². The summed E-state index contributed by atoms with van der Waals surface area (Å²) in [4.78, 5) is 28.4. The van der Waals surface area contributed by atoms with Gasteiger partial charge in [-0.1, -0.05) is 20.8 Å². The molecule has 2 aliphatic heterocycles. The van der Waals surface area contributed by atoms with Gasteiger partial charge in [0.1, 0.15) is 0 Å². The fourth-order valence-corrected chi connectivity index (χ4v) is 6.87. The van der Waals surface area contributed by atoms with E-state index in [0.717, 1.165) is 12.0 Å². The van der Waals surface area contributed by atoms with Crippen LogP contribution in [0.15, 0.2) is 21.5 Å². The van der Waals surface area contributed by atoms with Gasteiger partial charge in [-0.05, 0) is 58.3 Å². The first-order valence-corrected chi connectivity index (χ1v) is 12.7. The van der Waals surface area contributed by atoms with E-state index in [0.29, 0.717) is 54.5 Å². The van der Waals surface area contributed by atoms with E-state index in [1.54, 1.807) is 28.9 Å². The van der Waals surface area contributed by atoms with Gasteiger partial charge in [0.25, 0.3) is 0 Å². The summed E-state index contributed by atoms with van der Waals surface area (Å²) >= 11 is 3.38. The Balaban J connectivity index is 1.76. The van der Waals surface area contributed by atoms with E-state index in [4.69, 9.17) is 0 Å². The van der Waals surface area contributed by atoms with Crippen LogP contribution in [0, 0.1) is 11.8 Å². The third kappa shape index (κ3) is 4.85. The molecule has 1 fully saturated rings. The van der Waals surface area contributed by atoms with Gasteiger partial charge in [-0.15, -0.1) is 0 Å². The highest BCUT2D eigenvalue weighted by Gasteiger charge is 2.30. The lowest BCUT2D eigenvalue weighted by Crippen LogP contribution is -2.43. The van der Waals surface area contributed by atoms with Crippen molar-refractivity contribution in [1.82, 2.24) is 4.90 Å². The van der Waals surface area contributed by atoms with Gasteiger partial charge < -0.3 is 9.80 Å². The first-order valence-electron chi connectivity index (χ1n) is 10.3. The Bertz CT molecular complexity index is 906. The van der Waals surface area contributed by atoms with Crippen molar-refractivity contribution < 1.29 is 18.0 Å². The van der Waals surface area contributed by atoms with Gasteiger partial charge in [0.05, 0.1) is 10.6 Å². The first-order chi connectivity index (χ1) is 13.6. The maximum absolute atomic E-state index is 13.0. The molecule has 0 radical (unpaired) electrons. The second-order valence-electron chi connectivity index (χ2n) is 8.37. The number of carbonyl (C=O) groups excluding carboxylic acids is 2. The fourth-order valence-electron chi connectivity index (χ4n) is 4.43. The fraction of sp³-hybridized carbons (Fsp3) is 0.619. The zero-order valence-electron chi connectivity index (χ0n) is 17.3. The number of piperidine rings is 1. The summed E-state index contributed by atoms with van der Waals surface area (Å²) in [6.07, 6.45) is 2.16. The standard InChI is InChI=1S/C21H29BrN2O4S/c1-4-20(25)24-7-5-16-10-17(22)19(11-18(16)24)29(27,28)8-6-21(26)23-12-14(2)9-15(3)13-23/h10-11,14-15H,4-9,12-13H2,1-3H3/t14-,15-/m1/s1. The Morgan fingerprint density at radius 2 is 1.79 bits per heavy atom. The van der Waals surface area contributed by atoms with Crippen molar-refractivity contribution >= 4 is 43.3 Å². The lowest BCUT2D eigenvalue weighted by molar-refractivity contribution is -0.133. The maximum Gasteiger partial charge on any atom is 0.226 e. The molecule has 0 spiro atoms. The number of amides is 2. The average molecular weight is 485 g/mol. The minimum Gasteiger partial charge on any atom is -0.342 e. The molecule has 1 aromatic carbocycles. The van der Waals surface area contributed by atoms with Crippen molar-refractivity contribution in [3.05, 3.63) is 22.2 Å². The van der Waals surface area contributed by atoms with Gasteiger partial charge in [-0.25, -0.2) is 8.42 Å². The normalized spacial score (nSPS) is 21.9. The predicted octanol–water partition coefficient (Wildman–Crippen LogP) is 3.42. The summed E-state index contributed by atoms with van der Waals surface area (Å²) in [6, 6.07) is 3.38. The smallest absolute Gasteiger partial charge is 0.226 e. The van der Waals surface area contributed by atoms with Crippen molar-refractivity contribution in [1.29, 1.82) is 0 Å². The second-order valence-corrected chi connectivity index (χ2v) is 11.3. The first kappa shape index (κ1) is 22.3. The minimum atomic E-state index is -3.66. The number of hydrogen-bond donors (Lipinski definition) is 0. The van der Waals surface area contributed by atoms with Crippen LogP contribution in [-0.4, -0.2) is 50.5 Å². The Labute approximate surface area is 181 Å². The van der Waals surface area contributed by atoms with Crippen molar-refractivity contribution in [3.63, 3.8) is 0 Å². The third-order valence-electron chi connectivity index (χ3n) is 5.77. The summed E-state index contributed by atoms with van der Waals surface area (Å²) in [6.45, 7) is 8.00. The highest BCUT2D eigenvalue weighted by Crippen LogP contribution is 2.36. The topological polar surface area (TPSA) is 74.8 Å². The van der Waals surface area contributed by atoms with Gasteiger partial charge >= 0.3 is 0 Å². The van der Waals surface area contributed by atoms with Crippen LogP contribution in [0.5, 0.6) is 0 Å². The molecule has 29 heavy (non-hydrogen) atoms. The van der Waals surface area contributed by atoms with Crippen LogP contribution in [-0.2, 0) is 25.8 Å². The van der Waals surface area contributed by atoms with Crippen LogP contribution in [0.1, 0.15) is 45.6 Å².